The zero-order chi connectivity index (χ0) is 21.0. The molecule has 0 heterocycles. The zero-order valence-corrected chi connectivity index (χ0v) is 18.8. The summed E-state index contributed by atoms with van der Waals surface area (Å²) in [5, 5.41) is 10.2. The van der Waals surface area contributed by atoms with Gasteiger partial charge < -0.3 is 9.84 Å². The Hall–Kier alpha value is -0.900. The van der Waals surface area contributed by atoms with Crippen LogP contribution in [-0.2, 0) is 14.3 Å². The summed E-state index contributed by atoms with van der Waals surface area (Å²) in [6, 6.07) is 0. The first-order valence-electron chi connectivity index (χ1n) is 12.0. The predicted molar refractivity (Wildman–Crippen MR) is 112 cm³/mol. The standard InChI is InChI=1S/C25H40O4/c1-15(5-8-22(28)29-4)18-6-7-19-23-20(10-12-25(18,19)3)24(2)11-9-17(26)13-16(24)14-21(23)27/h15-20,23,26H,5-14H2,1-4H3/t15-,16?,17-,18?,19+,20?,23?,24+,25-/m1/s1. The number of carbonyl (C=O) groups is 2. The summed E-state index contributed by atoms with van der Waals surface area (Å²) < 4.78 is 4.85. The fourth-order valence-corrected chi connectivity index (χ4v) is 8.53. The molecule has 0 spiro atoms. The second-order valence-electron chi connectivity index (χ2n) is 11.4. The lowest BCUT2D eigenvalue weighted by atomic mass is 9.44. The average Bonchev–Trinajstić information content (AvgIpc) is 3.04. The number of Topliss-reactive ketones (excluding diaryl/α,β-unsaturated/α-hetero) is 1. The summed E-state index contributed by atoms with van der Waals surface area (Å²) in [4.78, 5) is 25.0. The van der Waals surface area contributed by atoms with E-state index in [1.165, 1.54) is 26.4 Å². The Labute approximate surface area is 176 Å². The van der Waals surface area contributed by atoms with Crippen molar-refractivity contribution in [1.29, 1.82) is 0 Å². The Balaban J connectivity index is 1.53. The maximum absolute atomic E-state index is 13.4. The summed E-state index contributed by atoms with van der Waals surface area (Å²) in [7, 11) is 1.47. The third kappa shape index (κ3) is 3.38. The molecule has 4 heteroatoms. The lowest BCUT2D eigenvalue weighted by Gasteiger charge is -2.60. The van der Waals surface area contributed by atoms with Crippen LogP contribution < -0.4 is 0 Å². The second kappa shape index (κ2) is 7.66. The molecule has 4 rings (SSSR count). The number of rotatable bonds is 4. The van der Waals surface area contributed by atoms with Crippen molar-refractivity contribution in [2.75, 3.05) is 7.11 Å². The zero-order valence-electron chi connectivity index (χ0n) is 18.8. The molecule has 1 N–H and O–H groups in total. The van der Waals surface area contributed by atoms with Crippen molar-refractivity contribution in [2.24, 2.45) is 46.3 Å². The largest absolute Gasteiger partial charge is 0.469 e. The fraction of sp³-hybridized carbons (Fsp3) is 0.920. The van der Waals surface area contributed by atoms with Gasteiger partial charge in [-0.05, 0) is 91.8 Å². The molecular formula is C25H40O4. The molecular weight excluding hydrogens is 364 g/mol. The summed E-state index contributed by atoms with van der Waals surface area (Å²) in [5.74, 6) is 3.08. The molecule has 0 aromatic heterocycles. The molecule has 0 aromatic rings. The van der Waals surface area contributed by atoms with Gasteiger partial charge in [-0.1, -0.05) is 20.8 Å². The van der Waals surface area contributed by atoms with Crippen molar-refractivity contribution in [3.8, 4) is 0 Å². The fourth-order valence-electron chi connectivity index (χ4n) is 8.53. The van der Waals surface area contributed by atoms with Crippen molar-refractivity contribution >= 4 is 11.8 Å². The molecule has 0 amide bonds. The van der Waals surface area contributed by atoms with E-state index in [-0.39, 0.29) is 28.8 Å². The lowest BCUT2D eigenvalue weighted by Crippen LogP contribution is -2.57. The third-order valence-corrected chi connectivity index (χ3v) is 10.2. The van der Waals surface area contributed by atoms with Crippen LogP contribution in [0.3, 0.4) is 0 Å². The quantitative estimate of drug-likeness (QED) is 0.685. The number of esters is 1. The van der Waals surface area contributed by atoms with Gasteiger partial charge in [0.1, 0.15) is 5.78 Å². The van der Waals surface area contributed by atoms with E-state index in [4.69, 9.17) is 4.74 Å². The Bertz CT molecular complexity index is 659. The maximum Gasteiger partial charge on any atom is 0.305 e. The number of fused-ring (bicyclic) bond motifs is 5. The highest BCUT2D eigenvalue weighted by molar-refractivity contribution is 5.83. The monoisotopic (exact) mass is 404 g/mol. The minimum atomic E-state index is -0.210. The highest BCUT2D eigenvalue weighted by Crippen LogP contribution is 2.67. The van der Waals surface area contributed by atoms with E-state index in [9.17, 15) is 14.7 Å². The van der Waals surface area contributed by atoms with E-state index >= 15 is 0 Å². The van der Waals surface area contributed by atoms with E-state index < -0.39 is 0 Å². The van der Waals surface area contributed by atoms with Gasteiger partial charge >= 0.3 is 5.97 Å². The molecule has 4 unspecified atom stereocenters. The number of hydrogen-bond donors (Lipinski definition) is 1. The summed E-state index contributed by atoms with van der Waals surface area (Å²) in [5.41, 5.74) is 0.456. The second-order valence-corrected chi connectivity index (χ2v) is 11.4. The van der Waals surface area contributed by atoms with Gasteiger partial charge in [0.05, 0.1) is 13.2 Å². The van der Waals surface area contributed by atoms with E-state index in [0.717, 1.165) is 32.1 Å². The topological polar surface area (TPSA) is 63.6 Å². The van der Waals surface area contributed by atoms with Crippen LogP contribution in [0.15, 0.2) is 0 Å². The van der Waals surface area contributed by atoms with Crippen molar-refractivity contribution in [2.45, 2.75) is 91.1 Å². The number of ketones is 1. The Morgan fingerprint density at radius 3 is 2.55 bits per heavy atom. The Morgan fingerprint density at radius 1 is 1.14 bits per heavy atom. The van der Waals surface area contributed by atoms with E-state index in [0.29, 0.717) is 48.2 Å². The van der Waals surface area contributed by atoms with E-state index in [2.05, 4.69) is 20.8 Å². The highest BCUT2D eigenvalue weighted by Gasteiger charge is 2.62. The number of hydrogen-bond acceptors (Lipinski definition) is 4. The maximum atomic E-state index is 13.4. The SMILES string of the molecule is COC(=O)CC[C@@H](C)C1CC[C@H]2C3C(=O)CC4C[C@H](O)CC[C@]4(C)C3CC[C@]12C. The van der Waals surface area contributed by atoms with Crippen molar-refractivity contribution in [3.63, 3.8) is 0 Å². The van der Waals surface area contributed by atoms with Gasteiger partial charge in [-0.25, -0.2) is 0 Å². The van der Waals surface area contributed by atoms with Crippen LogP contribution in [0.25, 0.3) is 0 Å². The molecule has 9 atom stereocenters. The predicted octanol–water partition coefficient (Wildman–Crippen LogP) is 4.77. The minimum Gasteiger partial charge on any atom is -0.469 e. The molecule has 4 aliphatic carbocycles. The number of aliphatic hydroxyl groups excluding tert-OH is 1. The summed E-state index contributed by atoms with van der Waals surface area (Å²) in [6.07, 6.45) is 9.40. The molecule has 4 aliphatic rings. The number of carbonyl (C=O) groups excluding carboxylic acids is 2. The molecule has 0 aromatic carbocycles. The minimum absolute atomic E-state index is 0.110. The van der Waals surface area contributed by atoms with Gasteiger partial charge in [-0.15, -0.1) is 0 Å². The van der Waals surface area contributed by atoms with Crippen LogP contribution >= 0.6 is 0 Å². The molecule has 4 nitrogen and oxygen atoms in total. The van der Waals surface area contributed by atoms with Gasteiger partial charge in [0.2, 0.25) is 0 Å². The molecule has 0 aliphatic heterocycles. The number of aliphatic hydroxyl groups is 1. The molecule has 164 valence electrons. The molecule has 0 bridgehead atoms. The molecule has 0 radical (unpaired) electrons. The van der Waals surface area contributed by atoms with E-state index in [1.54, 1.807) is 0 Å². The first kappa shape index (κ1) is 21.3. The average molecular weight is 405 g/mol. The lowest BCUT2D eigenvalue weighted by molar-refractivity contribution is -0.160. The van der Waals surface area contributed by atoms with Crippen molar-refractivity contribution in [3.05, 3.63) is 0 Å². The summed E-state index contributed by atoms with van der Waals surface area (Å²) in [6.45, 7) is 7.18. The molecule has 4 saturated carbocycles. The van der Waals surface area contributed by atoms with Crippen LogP contribution in [0.5, 0.6) is 0 Å². The van der Waals surface area contributed by atoms with Crippen LogP contribution in [0.1, 0.15) is 85.0 Å². The molecule has 0 saturated heterocycles. The van der Waals surface area contributed by atoms with Crippen molar-refractivity contribution in [1.82, 2.24) is 0 Å². The van der Waals surface area contributed by atoms with Crippen LogP contribution in [0, 0.1) is 46.3 Å². The first-order valence-corrected chi connectivity index (χ1v) is 12.0. The van der Waals surface area contributed by atoms with Gasteiger partial charge in [-0.2, -0.15) is 0 Å². The number of ether oxygens (including phenoxy) is 1. The normalized spacial score (nSPS) is 47.7. The van der Waals surface area contributed by atoms with Gasteiger partial charge in [0.15, 0.2) is 0 Å². The summed E-state index contributed by atoms with van der Waals surface area (Å²) >= 11 is 0. The third-order valence-electron chi connectivity index (χ3n) is 10.2. The van der Waals surface area contributed by atoms with Gasteiger partial charge in [0.25, 0.3) is 0 Å². The molecule has 4 fully saturated rings. The number of methoxy groups -OCH3 is 1. The van der Waals surface area contributed by atoms with Gasteiger partial charge in [-0.3, -0.25) is 9.59 Å². The highest BCUT2D eigenvalue weighted by atomic mass is 16.5. The van der Waals surface area contributed by atoms with Gasteiger partial charge in [0, 0.05) is 18.8 Å². The van der Waals surface area contributed by atoms with Crippen molar-refractivity contribution < 1.29 is 19.4 Å². The van der Waals surface area contributed by atoms with E-state index in [1.807, 2.05) is 0 Å². The van der Waals surface area contributed by atoms with Crippen LogP contribution in [-0.4, -0.2) is 30.1 Å². The smallest absolute Gasteiger partial charge is 0.305 e. The Kier molecular flexibility index (Phi) is 5.63. The Morgan fingerprint density at radius 2 is 1.83 bits per heavy atom. The van der Waals surface area contributed by atoms with Crippen LogP contribution in [0.2, 0.25) is 0 Å². The first-order chi connectivity index (χ1) is 13.7. The van der Waals surface area contributed by atoms with Crippen LogP contribution in [0.4, 0.5) is 0 Å². The molecule has 29 heavy (non-hydrogen) atoms.